The molecule has 0 bridgehead atoms. The normalized spacial score (nSPS) is 17.6. The number of halogens is 1. The second-order valence-corrected chi connectivity index (χ2v) is 10.9. The number of carbonyl (C=O) groups excluding carboxylic acids is 1. The zero-order valence-electron chi connectivity index (χ0n) is 25.3. The zero-order valence-corrected chi connectivity index (χ0v) is 25.3. The number of esters is 1. The van der Waals surface area contributed by atoms with Crippen molar-refractivity contribution in [3.63, 3.8) is 0 Å². The highest BCUT2D eigenvalue weighted by Gasteiger charge is 2.47. The number of methoxy groups -OCH3 is 3. The number of nitrogens with one attached hydrogen (secondary N) is 1. The molecule has 5 aromatic rings. The molecule has 0 atom stereocenters. The minimum absolute atomic E-state index is 0.183. The molecule has 12 nitrogen and oxygen atoms in total. The van der Waals surface area contributed by atoms with Gasteiger partial charge in [0.2, 0.25) is 5.95 Å². The molecule has 0 spiro atoms. The number of pyridine rings is 1. The molecule has 45 heavy (non-hydrogen) atoms. The van der Waals surface area contributed by atoms with Crippen molar-refractivity contribution < 1.29 is 33.2 Å². The minimum Gasteiger partial charge on any atom is -0.497 e. The van der Waals surface area contributed by atoms with Crippen LogP contribution >= 0.6 is 0 Å². The van der Waals surface area contributed by atoms with E-state index >= 15 is 0 Å². The fourth-order valence-electron chi connectivity index (χ4n) is 5.51. The van der Waals surface area contributed by atoms with E-state index < -0.39 is 17.4 Å². The number of fused-ring (bicyclic) bond motifs is 3. The van der Waals surface area contributed by atoms with Crippen LogP contribution in [0.4, 0.5) is 10.3 Å². The van der Waals surface area contributed by atoms with E-state index in [0.717, 1.165) is 5.56 Å². The van der Waals surface area contributed by atoms with E-state index in [0.29, 0.717) is 77.8 Å². The Labute approximate surface area is 258 Å². The Morgan fingerprint density at radius 1 is 1.07 bits per heavy atom. The van der Waals surface area contributed by atoms with Crippen molar-refractivity contribution in [2.45, 2.75) is 44.2 Å². The molecule has 2 N–H and O–H groups in total. The van der Waals surface area contributed by atoms with E-state index in [1.54, 1.807) is 36.9 Å². The molecule has 3 heterocycles. The van der Waals surface area contributed by atoms with Crippen LogP contribution < -0.4 is 19.5 Å². The quantitative estimate of drug-likeness (QED) is 0.198. The Hall–Kier alpha value is -5.04. The summed E-state index contributed by atoms with van der Waals surface area (Å²) in [5, 5.41) is 19.9. The average molecular weight is 617 g/mol. The molecule has 13 heteroatoms. The summed E-state index contributed by atoms with van der Waals surface area (Å²) in [5.41, 5.74) is 1.27. The Bertz CT molecular complexity index is 1870. The third kappa shape index (κ3) is 5.66. The predicted molar refractivity (Wildman–Crippen MR) is 162 cm³/mol. The van der Waals surface area contributed by atoms with Gasteiger partial charge >= 0.3 is 5.97 Å². The van der Waals surface area contributed by atoms with Crippen LogP contribution in [0.3, 0.4) is 0 Å². The third-order valence-corrected chi connectivity index (χ3v) is 7.95. The first kappa shape index (κ1) is 30.0. The second kappa shape index (κ2) is 12.2. The lowest BCUT2D eigenvalue weighted by Crippen LogP contribution is -2.40. The van der Waals surface area contributed by atoms with Crippen molar-refractivity contribution in [1.29, 1.82) is 0 Å². The molecule has 1 aliphatic carbocycles. The molecule has 0 amide bonds. The minimum atomic E-state index is -1.16. The van der Waals surface area contributed by atoms with E-state index in [2.05, 4.69) is 10.3 Å². The van der Waals surface area contributed by atoms with Gasteiger partial charge in [0.1, 0.15) is 34.3 Å². The summed E-state index contributed by atoms with van der Waals surface area (Å²) in [6, 6.07) is 11.4. The van der Waals surface area contributed by atoms with E-state index in [1.807, 2.05) is 19.1 Å². The van der Waals surface area contributed by atoms with Gasteiger partial charge in [0, 0.05) is 41.9 Å². The first-order valence-electron chi connectivity index (χ1n) is 14.5. The third-order valence-electron chi connectivity index (χ3n) is 7.95. The standard InChI is InChI=1S/C32H33FN6O6/c1-5-10-45-30(40)24-9-7-20(17-34-24)32(41)14-19(15-32)28-37-29-23-11-21(33)12-26(44-4)27(23)36-31(39(29)38-28)35-16-18-6-8-22(42-2)13-25(18)43-3/h6-9,11-13,17,19,41H,5,10,14-16H2,1-4H3,(H,35,36)/t19-,32-. The lowest BCUT2D eigenvalue weighted by atomic mass is 9.67. The van der Waals surface area contributed by atoms with E-state index in [9.17, 15) is 14.3 Å². The lowest BCUT2D eigenvalue weighted by Gasteiger charge is -2.42. The van der Waals surface area contributed by atoms with Gasteiger partial charge in [-0.05, 0) is 43.5 Å². The van der Waals surface area contributed by atoms with Gasteiger partial charge in [-0.15, -0.1) is 5.10 Å². The van der Waals surface area contributed by atoms with Gasteiger partial charge in [0.25, 0.3) is 0 Å². The highest BCUT2D eigenvalue weighted by molar-refractivity contribution is 5.96. The first-order valence-corrected chi connectivity index (χ1v) is 14.5. The fourth-order valence-corrected chi connectivity index (χ4v) is 5.51. The van der Waals surface area contributed by atoms with Crippen LogP contribution in [0, 0.1) is 5.82 Å². The number of hydrogen-bond donors (Lipinski definition) is 2. The SMILES string of the molecule is CCCOC(=O)c1ccc([C@]2(O)C[C@H](c3nc4c5cc(F)cc(OC)c5nc(NCc5ccc(OC)cc5OC)n4n3)C2)cn1. The molecule has 234 valence electrons. The summed E-state index contributed by atoms with van der Waals surface area (Å²) in [6.07, 6.45) is 2.88. The van der Waals surface area contributed by atoms with Gasteiger partial charge in [0.05, 0.1) is 38.9 Å². The number of aliphatic hydroxyl groups is 1. The van der Waals surface area contributed by atoms with Gasteiger partial charge < -0.3 is 29.4 Å². The molecule has 3 aromatic heterocycles. The fraction of sp³-hybridized carbons (Fsp3) is 0.344. The predicted octanol–water partition coefficient (Wildman–Crippen LogP) is 4.78. The van der Waals surface area contributed by atoms with Crippen molar-refractivity contribution in [2.75, 3.05) is 33.3 Å². The van der Waals surface area contributed by atoms with Crippen molar-refractivity contribution in [3.05, 3.63) is 77.1 Å². The van der Waals surface area contributed by atoms with Gasteiger partial charge in [-0.1, -0.05) is 13.0 Å². The number of aromatic nitrogens is 5. The van der Waals surface area contributed by atoms with Gasteiger partial charge in [-0.25, -0.2) is 24.1 Å². The summed E-state index contributed by atoms with van der Waals surface area (Å²) in [7, 11) is 4.62. The van der Waals surface area contributed by atoms with Crippen molar-refractivity contribution in [1.82, 2.24) is 24.6 Å². The summed E-state index contributed by atoms with van der Waals surface area (Å²) < 4.78 is 37.6. The van der Waals surface area contributed by atoms with E-state index in [4.69, 9.17) is 34.0 Å². The average Bonchev–Trinajstić information content (AvgIpc) is 3.50. The summed E-state index contributed by atoms with van der Waals surface area (Å²) in [5.74, 6) is 1.21. The summed E-state index contributed by atoms with van der Waals surface area (Å²) in [6.45, 7) is 2.56. The number of hydrogen-bond acceptors (Lipinski definition) is 11. The number of ether oxygens (including phenoxy) is 4. The van der Waals surface area contributed by atoms with Crippen molar-refractivity contribution >= 4 is 28.5 Å². The van der Waals surface area contributed by atoms with E-state index in [-0.39, 0.29) is 17.4 Å². The van der Waals surface area contributed by atoms with Crippen LogP contribution in [0.2, 0.25) is 0 Å². The van der Waals surface area contributed by atoms with Crippen LogP contribution in [0.5, 0.6) is 17.2 Å². The van der Waals surface area contributed by atoms with Gasteiger partial charge in [-0.2, -0.15) is 4.52 Å². The van der Waals surface area contributed by atoms with Crippen LogP contribution in [0.1, 0.15) is 59.5 Å². The second-order valence-electron chi connectivity index (χ2n) is 10.9. The lowest BCUT2D eigenvalue weighted by molar-refractivity contribution is -0.0572. The van der Waals surface area contributed by atoms with Crippen molar-refractivity contribution in [3.8, 4) is 17.2 Å². The molecule has 2 aromatic carbocycles. The maximum Gasteiger partial charge on any atom is 0.356 e. The Morgan fingerprint density at radius 3 is 2.56 bits per heavy atom. The Balaban J connectivity index is 1.30. The molecule has 0 aliphatic heterocycles. The monoisotopic (exact) mass is 616 g/mol. The number of rotatable bonds is 11. The molecule has 1 aliphatic rings. The molecule has 1 saturated carbocycles. The largest absolute Gasteiger partial charge is 0.497 e. The number of anilines is 1. The molecular weight excluding hydrogens is 583 g/mol. The van der Waals surface area contributed by atoms with Crippen LogP contribution in [-0.4, -0.2) is 63.6 Å². The smallest absolute Gasteiger partial charge is 0.356 e. The Morgan fingerprint density at radius 2 is 1.87 bits per heavy atom. The Kier molecular flexibility index (Phi) is 8.11. The highest BCUT2D eigenvalue weighted by atomic mass is 19.1. The molecule has 0 unspecified atom stereocenters. The summed E-state index contributed by atoms with van der Waals surface area (Å²) >= 11 is 0. The number of nitrogens with zero attached hydrogens (tertiary/aromatic N) is 5. The number of benzene rings is 2. The highest BCUT2D eigenvalue weighted by Crippen LogP contribution is 2.50. The number of carbonyl (C=O) groups is 1. The van der Waals surface area contributed by atoms with Crippen LogP contribution in [0.15, 0.2) is 48.7 Å². The molecule has 0 saturated heterocycles. The molecular formula is C32H33FN6O6. The zero-order chi connectivity index (χ0) is 31.7. The van der Waals surface area contributed by atoms with Gasteiger partial charge in [0.15, 0.2) is 11.5 Å². The maximum absolute atomic E-state index is 14.6. The van der Waals surface area contributed by atoms with Crippen LogP contribution in [-0.2, 0) is 16.9 Å². The molecule has 1 fully saturated rings. The molecule has 0 radical (unpaired) electrons. The van der Waals surface area contributed by atoms with Crippen LogP contribution in [0.25, 0.3) is 16.6 Å². The maximum atomic E-state index is 14.6. The topological polar surface area (TPSA) is 142 Å². The molecule has 6 rings (SSSR count). The van der Waals surface area contributed by atoms with E-state index in [1.165, 1.54) is 25.4 Å². The summed E-state index contributed by atoms with van der Waals surface area (Å²) in [4.78, 5) is 25.9. The van der Waals surface area contributed by atoms with Crippen molar-refractivity contribution in [2.24, 2.45) is 0 Å². The first-order chi connectivity index (χ1) is 21.8. The van der Waals surface area contributed by atoms with Gasteiger partial charge in [-0.3, -0.25) is 0 Å².